The fourth-order valence-electron chi connectivity index (χ4n) is 3.17. The van der Waals surface area contributed by atoms with Crippen LogP contribution >= 0.6 is 11.3 Å². The molecule has 1 aromatic carbocycles. The van der Waals surface area contributed by atoms with Crippen LogP contribution in [0.5, 0.6) is 0 Å². The normalized spacial score (nSPS) is 11.2. The van der Waals surface area contributed by atoms with Gasteiger partial charge in [0.05, 0.1) is 18.5 Å². The number of aryl methyl sites for hydroxylation is 2. The summed E-state index contributed by atoms with van der Waals surface area (Å²) in [6.45, 7) is 6.52. The van der Waals surface area contributed by atoms with Gasteiger partial charge in [0, 0.05) is 11.2 Å². The maximum atomic E-state index is 12.2. The number of carbonyl (C=O) groups is 1. The molecule has 0 aliphatic heterocycles. The number of H-pyrrole nitrogens is 1. The van der Waals surface area contributed by atoms with Crippen LogP contribution in [0.2, 0.25) is 0 Å². The van der Waals surface area contributed by atoms with E-state index in [4.69, 9.17) is 4.74 Å². The fourth-order valence-corrected chi connectivity index (χ4v) is 4.29. The molecule has 3 aromatic heterocycles. The standard InChI is InChI=1S/C20H20N4O2S/c1-4-26-20(25)17-11(2)16-18(22-12(3)23-19(16)27-17)21-10-14-9-13-7-5-6-8-15(13)24-14/h5-9,24H,4,10H2,1-3H3,(H,21,22,23). The van der Waals surface area contributed by atoms with Crippen molar-refractivity contribution in [1.29, 1.82) is 0 Å². The summed E-state index contributed by atoms with van der Waals surface area (Å²) in [6.07, 6.45) is 0. The molecule has 0 fully saturated rings. The van der Waals surface area contributed by atoms with Crippen LogP contribution < -0.4 is 5.32 Å². The molecule has 27 heavy (non-hydrogen) atoms. The SMILES string of the molecule is CCOC(=O)c1sc2nc(C)nc(NCc3cc4ccccc4[nH]3)c2c1C. The first-order chi connectivity index (χ1) is 13.1. The highest BCUT2D eigenvalue weighted by atomic mass is 32.1. The Balaban J connectivity index is 1.68. The lowest BCUT2D eigenvalue weighted by molar-refractivity contribution is 0.0531. The van der Waals surface area contributed by atoms with E-state index in [1.165, 1.54) is 16.7 Å². The van der Waals surface area contributed by atoms with Crippen LogP contribution in [0.15, 0.2) is 30.3 Å². The maximum absolute atomic E-state index is 12.2. The first-order valence-corrected chi connectivity index (χ1v) is 9.64. The Morgan fingerprint density at radius 1 is 1.26 bits per heavy atom. The molecule has 4 rings (SSSR count). The van der Waals surface area contributed by atoms with Gasteiger partial charge in [-0.2, -0.15) is 0 Å². The number of para-hydroxylation sites is 1. The first-order valence-electron chi connectivity index (χ1n) is 8.82. The first kappa shape index (κ1) is 17.5. The summed E-state index contributed by atoms with van der Waals surface area (Å²) in [5, 5.41) is 5.46. The summed E-state index contributed by atoms with van der Waals surface area (Å²) < 4.78 is 5.17. The van der Waals surface area contributed by atoms with E-state index >= 15 is 0 Å². The number of thiophene rings is 1. The highest BCUT2D eigenvalue weighted by Gasteiger charge is 2.20. The molecule has 0 radical (unpaired) electrons. The highest BCUT2D eigenvalue weighted by molar-refractivity contribution is 7.20. The van der Waals surface area contributed by atoms with E-state index in [9.17, 15) is 4.79 Å². The van der Waals surface area contributed by atoms with Gasteiger partial charge in [-0.3, -0.25) is 0 Å². The van der Waals surface area contributed by atoms with E-state index in [0.29, 0.717) is 23.9 Å². The fraction of sp³-hybridized carbons (Fsp3) is 0.250. The molecule has 0 spiro atoms. The summed E-state index contributed by atoms with van der Waals surface area (Å²) >= 11 is 1.35. The van der Waals surface area contributed by atoms with Crippen molar-refractivity contribution in [3.63, 3.8) is 0 Å². The minimum Gasteiger partial charge on any atom is -0.462 e. The third kappa shape index (κ3) is 3.26. The van der Waals surface area contributed by atoms with Crippen LogP contribution in [0, 0.1) is 13.8 Å². The summed E-state index contributed by atoms with van der Waals surface area (Å²) in [4.78, 5) is 26.1. The number of fused-ring (bicyclic) bond motifs is 2. The molecule has 138 valence electrons. The molecule has 0 atom stereocenters. The molecule has 0 aliphatic carbocycles. The van der Waals surface area contributed by atoms with Gasteiger partial charge < -0.3 is 15.0 Å². The average molecular weight is 380 g/mol. The van der Waals surface area contributed by atoms with Gasteiger partial charge in [-0.05, 0) is 43.9 Å². The average Bonchev–Trinajstić information content (AvgIpc) is 3.20. The number of ether oxygens (including phenoxy) is 1. The van der Waals surface area contributed by atoms with Crippen molar-refractivity contribution in [2.45, 2.75) is 27.3 Å². The Kier molecular flexibility index (Phi) is 4.53. The second-order valence-electron chi connectivity index (χ2n) is 6.31. The van der Waals surface area contributed by atoms with Crippen molar-refractivity contribution in [3.05, 3.63) is 52.3 Å². The lowest BCUT2D eigenvalue weighted by atomic mass is 10.2. The molecule has 4 aromatic rings. The number of rotatable bonds is 5. The number of esters is 1. The topological polar surface area (TPSA) is 79.9 Å². The Morgan fingerprint density at radius 3 is 2.85 bits per heavy atom. The smallest absolute Gasteiger partial charge is 0.348 e. The zero-order valence-electron chi connectivity index (χ0n) is 15.4. The molecule has 0 bridgehead atoms. The molecule has 3 heterocycles. The highest BCUT2D eigenvalue weighted by Crippen LogP contribution is 2.34. The largest absolute Gasteiger partial charge is 0.462 e. The second kappa shape index (κ2) is 7.00. The molecular weight excluding hydrogens is 360 g/mol. The van der Waals surface area contributed by atoms with Crippen molar-refractivity contribution >= 4 is 44.2 Å². The molecule has 2 N–H and O–H groups in total. The number of nitrogens with zero attached hydrogens (tertiary/aromatic N) is 2. The Morgan fingerprint density at radius 2 is 2.07 bits per heavy atom. The molecule has 7 heteroatoms. The molecular formula is C20H20N4O2S. The number of hydrogen-bond acceptors (Lipinski definition) is 6. The summed E-state index contributed by atoms with van der Waals surface area (Å²) in [6, 6.07) is 10.3. The Bertz CT molecular complexity index is 1110. The van der Waals surface area contributed by atoms with E-state index < -0.39 is 0 Å². The van der Waals surface area contributed by atoms with Gasteiger partial charge in [0.15, 0.2) is 0 Å². The van der Waals surface area contributed by atoms with Gasteiger partial charge >= 0.3 is 5.97 Å². The predicted octanol–water partition coefficient (Wildman–Crippen LogP) is 4.58. The number of nitrogens with one attached hydrogen (secondary N) is 2. The number of benzene rings is 1. The number of aromatic nitrogens is 3. The van der Waals surface area contributed by atoms with Gasteiger partial charge in [0.1, 0.15) is 21.3 Å². The van der Waals surface area contributed by atoms with Gasteiger partial charge in [-0.25, -0.2) is 14.8 Å². The molecule has 0 unspecified atom stereocenters. The van der Waals surface area contributed by atoms with Gasteiger partial charge in [-0.15, -0.1) is 11.3 Å². The van der Waals surface area contributed by atoms with Crippen LogP contribution in [-0.4, -0.2) is 27.5 Å². The lowest BCUT2D eigenvalue weighted by Gasteiger charge is -2.07. The van der Waals surface area contributed by atoms with Crippen molar-refractivity contribution in [2.24, 2.45) is 0 Å². The molecule has 0 aliphatic rings. The van der Waals surface area contributed by atoms with Crippen LogP contribution in [-0.2, 0) is 11.3 Å². The van der Waals surface area contributed by atoms with Crippen LogP contribution in [0.4, 0.5) is 5.82 Å². The number of aromatic amines is 1. The van der Waals surface area contributed by atoms with E-state index in [-0.39, 0.29) is 5.97 Å². The van der Waals surface area contributed by atoms with E-state index in [2.05, 4.69) is 38.5 Å². The van der Waals surface area contributed by atoms with E-state index in [0.717, 1.165) is 32.8 Å². The van der Waals surface area contributed by atoms with Gasteiger partial charge in [0.25, 0.3) is 0 Å². The molecule has 6 nitrogen and oxygen atoms in total. The van der Waals surface area contributed by atoms with Crippen molar-refractivity contribution in [2.75, 3.05) is 11.9 Å². The number of carbonyl (C=O) groups excluding carboxylic acids is 1. The van der Waals surface area contributed by atoms with Crippen molar-refractivity contribution in [1.82, 2.24) is 15.0 Å². The molecule has 0 saturated heterocycles. The van der Waals surface area contributed by atoms with Crippen LogP contribution in [0.1, 0.15) is 33.7 Å². The van der Waals surface area contributed by atoms with Crippen molar-refractivity contribution < 1.29 is 9.53 Å². The lowest BCUT2D eigenvalue weighted by Crippen LogP contribution is -2.05. The minimum absolute atomic E-state index is 0.308. The number of anilines is 1. The minimum atomic E-state index is -0.308. The third-order valence-electron chi connectivity index (χ3n) is 4.39. The number of hydrogen-bond donors (Lipinski definition) is 2. The Hall–Kier alpha value is -2.93. The third-order valence-corrected chi connectivity index (χ3v) is 5.56. The van der Waals surface area contributed by atoms with Crippen molar-refractivity contribution in [3.8, 4) is 0 Å². The van der Waals surface area contributed by atoms with Crippen LogP contribution in [0.25, 0.3) is 21.1 Å². The molecule has 0 saturated carbocycles. The summed E-state index contributed by atoms with van der Waals surface area (Å²) in [7, 11) is 0. The Labute approximate surface area is 160 Å². The zero-order valence-corrected chi connectivity index (χ0v) is 16.2. The van der Waals surface area contributed by atoms with Gasteiger partial charge in [-0.1, -0.05) is 18.2 Å². The zero-order chi connectivity index (χ0) is 19.0. The second-order valence-corrected chi connectivity index (χ2v) is 7.31. The van der Waals surface area contributed by atoms with Gasteiger partial charge in [0.2, 0.25) is 0 Å². The van der Waals surface area contributed by atoms with E-state index in [1.54, 1.807) is 6.92 Å². The van der Waals surface area contributed by atoms with E-state index in [1.807, 2.05) is 26.0 Å². The predicted molar refractivity (Wildman–Crippen MR) is 108 cm³/mol. The summed E-state index contributed by atoms with van der Waals surface area (Å²) in [5.41, 5.74) is 3.03. The summed E-state index contributed by atoms with van der Waals surface area (Å²) in [5.74, 6) is 1.09. The quantitative estimate of drug-likeness (QED) is 0.496. The molecule has 0 amide bonds. The monoisotopic (exact) mass is 380 g/mol. The van der Waals surface area contributed by atoms with Crippen LogP contribution in [0.3, 0.4) is 0 Å². The maximum Gasteiger partial charge on any atom is 0.348 e.